The minimum atomic E-state index is 0.136. The monoisotopic (exact) mass is 298 g/mol. The fourth-order valence-corrected chi connectivity index (χ4v) is 2.94. The van der Waals surface area contributed by atoms with Gasteiger partial charge in [-0.3, -0.25) is 9.48 Å². The molecular formula is C17H22N4O. The van der Waals surface area contributed by atoms with Crippen LogP contribution in [0.15, 0.2) is 42.7 Å². The highest BCUT2D eigenvalue weighted by molar-refractivity contribution is 5.94. The summed E-state index contributed by atoms with van der Waals surface area (Å²) in [7, 11) is 1.99. The first-order chi connectivity index (χ1) is 10.8. The van der Waals surface area contributed by atoms with Crippen molar-refractivity contribution in [2.45, 2.75) is 25.4 Å². The van der Waals surface area contributed by atoms with Crippen molar-refractivity contribution >= 4 is 5.91 Å². The number of amides is 1. The Hall–Kier alpha value is -2.14. The highest BCUT2D eigenvalue weighted by Gasteiger charge is 2.22. The molecule has 1 aromatic heterocycles. The maximum absolute atomic E-state index is 12.6. The second kappa shape index (κ2) is 6.75. The van der Waals surface area contributed by atoms with Gasteiger partial charge in [0.05, 0.1) is 6.54 Å². The third-order valence-electron chi connectivity index (χ3n) is 4.27. The van der Waals surface area contributed by atoms with E-state index in [0.29, 0.717) is 12.6 Å². The highest BCUT2D eigenvalue weighted by atomic mass is 16.2. The minimum Gasteiger partial charge on any atom is -0.339 e. The molecule has 2 aromatic rings. The zero-order chi connectivity index (χ0) is 15.4. The van der Waals surface area contributed by atoms with Crippen LogP contribution in [0, 0.1) is 0 Å². The molecule has 0 unspecified atom stereocenters. The van der Waals surface area contributed by atoms with E-state index in [2.05, 4.69) is 10.4 Å². The van der Waals surface area contributed by atoms with E-state index in [1.807, 2.05) is 53.2 Å². The Bertz CT molecular complexity index is 615. The maximum atomic E-state index is 12.6. The zero-order valence-corrected chi connectivity index (χ0v) is 12.9. The molecule has 116 valence electrons. The molecule has 1 aliphatic rings. The fraction of sp³-hybridized carbons (Fsp3) is 0.412. The number of carbonyl (C=O) groups is 1. The largest absolute Gasteiger partial charge is 0.339 e. The number of likely N-dealkylation sites (tertiary alicyclic amines) is 1. The number of aromatic nitrogens is 2. The number of rotatable bonds is 4. The topological polar surface area (TPSA) is 50.2 Å². The average molecular weight is 298 g/mol. The van der Waals surface area contributed by atoms with Crippen LogP contribution in [0.3, 0.4) is 0 Å². The van der Waals surface area contributed by atoms with Crippen molar-refractivity contribution in [3.63, 3.8) is 0 Å². The first kappa shape index (κ1) is 14.8. The Kier molecular flexibility index (Phi) is 4.53. The Morgan fingerprint density at radius 3 is 2.82 bits per heavy atom. The molecule has 1 amide bonds. The third kappa shape index (κ3) is 3.36. The van der Waals surface area contributed by atoms with E-state index in [4.69, 9.17) is 0 Å². The van der Waals surface area contributed by atoms with Crippen LogP contribution in [-0.2, 0) is 6.54 Å². The van der Waals surface area contributed by atoms with Crippen LogP contribution in [0.2, 0.25) is 0 Å². The Balaban J connectivity index is 1.68. The number of benzene rings is 1. The second-order valence-corrected chi connectivity index (χ2v) is 5.76. The lowest BCUT2D eigenvalue weighted by Gasteiger charge is -2.32. The van der Waals surface area contributed by atoms with Crippen LogP contribution >= 0.6 is 0 Å². The number of nitrogens with zero attached hydrogens (tertiary/aromatic N) is 3. The number of hydrogen-bond donors (Lipinski definition) is 1. The van der Waals surface area contributed by atoms with Crippen molar-refractivity contribution in [3.8, 4) is 0 Å². The van der Waals surface area contributed by atoms with Crippen LogP contribution in [0.5, 0.6) is 0 Å². The van der Waals surface area contributed by atoms with E-state index in [1.54, 1.807) is 6.20 Å². The van der Waals surface area contributed by atoms with Gasteiger partial charge in [0.25, 0.3) is 5.91 Å². The van der Waals surface area contributed by atoms with Crippen LogP contribution < -0.4 is 5.32 Å². The Labute approximate surface area is 130 Å². The fourth-order valence-electron chi connectivity index (χ4n) is 2.94. The molecule has 1 saturated heterocycles. The maximum Gasteiger partial charge on any atom is 0.253 e. The first-order valence-corrected chi connectivity index (χ1v) is 7.79. The summed E-state index contributed by atoms with van der Waals surface area (Å²) in [6.07, 6.45) is 5.74. The molecule has 5 heteroatoms. The summed E-state index contributed by atoms with van der Waals surface area (Å²) in [5.41, 5.74) is 1.87. The zero-order valence-electron chi connectivity index (χ0n) is 12.9. The van der Waals surface area contributed by atoms with Crippen LogP contribution in [0.4, 0.5) is 0 Å². The van der Waals surface area contributed by atoms with Crippen molar-refractivity contribution in [2.24, 2.45) is 0 Å². The van der Waals surface area contributed by atoms with E-state index >= 15 is 0 Å². The summed E-state index contributed by atoms with van der Waals surface area (Å²) in [5.74, 6) is 0.136. The predicted octanol–water partition coefficient (Wildman–Crippen LogP) is 1.76. The molecule has 1 fully saturated rings. The van der Waals surface area contributed by atoms with Gasteiger partial charge in [0, 0.05) is 37.1 Å². The summed E-state index contributed by atoms with van der Waals surface area (Å²) in [5, 5.41) is 7.50. The van der Waals surface area contributed by atoms with Gasteiger partial charge in [-0.05, 0) is 43.7 Å². The Morgan fingerprint density at radius 1 is 1.32 bits per heavy atom. The van der Waals surface area contributed by atoms with E-state index in [1.165, 1.54) is 0 Å². The minimum absolute atomic E-state index is 0.136. The van der Waals surface area contributed by atoms with E-state index in [0.717, 1.165) is 37.1 Å². The van der Waals surface area contributed by atoms with Gasteiger partial charge in [-0.25, -0.2) is 0 Å². The molecular weight excluding hydrogens is 276 g/mol. The highest BCUT2D eigenvalue weighted by Crippen LogP contribution is 2.15. The molecule has 5 nitrogen and oxygen atoms in total. The first-order valence-electron chi connectivity index (χ1n) is 7.79. The summed E-state index contributed by atoms with van der Waals surface area (Å²) >= 11 is 0. The Morgan fingerprint density at radius 2 is 2.14 bits per heavy atom. The predicted molar refractivity (Wildman–Crippen MR) is 85.8 cm³/mol. The van der Waals surface area contributed by atoms with Crippen LogP contribution in [0.1, 0.15) is 28.8 Å². The molecule has 0 radical (unpaired) electrons. The number of piperidine rings is 1. The van der Waals surface area contributed by atoms with Gasteiger partial charge in [0.1, 0.15) is 0 Å². The van der Waals surface area contributed by atoms with Crippen molar-refractivity contribution < 1.29 is 4.79 Å². The lowest BCUT2D eigenvalue weighted by molar-refractivity contribution is 0.0707. The second-order valence-electron chi connectivity index (χ2n) is 5.76. The van der Waals surface area contributed by atoms with Crippen molar-refractivity contribution in [3.05, 3.63) is 53.9 Å². The van der Waals surface area contributed by atoms with E-state index in [9.17, 15) is 4.79 Å². The summed E-state index contributed by atoms with van der Waals surface area (Å²) < 4.78 is 1.86. The molecule has 0 spiro atoms. The molecule has 2 heterocycles. The van der Waals surface area contributed by atoms with Crippen molar-refractivity contribution in [2.75, 3.05) is 20.1 Å². The van der Waals surface area contributed by atoms with Gasteiger partial charge in [-0.2, -0.15) is 5.10 Å². The van der Waals surface area contributed by atoms with E-state index < -0.39 is 0 Å². The normalized spacial score (nSPS) is 16.0. The molecule has 22 heavy (non-hydrogen) atoms. The van der Waals surface area contributed by atoms with Crippen LogP contribution in [-0.4, -0.2) is 46.8 Å². The quantitative estimate of drug-likeness (QED) is 0.935. The van der Waals surface area contributed by atoms with Gasteiger partial charge in [0.2, 0.25) is 0 Å². The van der Waals surface area contributed by atoms with Gasteiger partial charge < -0.3 is 10.2 Å². The average Bonchev–Trinajstić information content (AvgIpc) is 3.07. The smallest absolute Gasteiger partial charge is 0.253 e. The molecule has 3 rings (SSSR count). The van der Waals surface area contributed by atoms with Gasteiger partial charge in [0.15, 0.2) is 0 Å². The van der Waals surface area contributed by atoms with Gasteiger partial charge in [-0.15, -0.1) is 0 Å². The number of nitrogens with one attached hydrogen (secondary N) is 1. The molecule has 0 atom stereocenters. The van der Waals surface area contributed by atoms with Crippen molar-refractivity contribution in [1.29, 1.82) is 0 Å². The molecule has 0 bridgehead atoms. The SMILES string of the molecule is CNC1CCN(C(=O)c2cccc(Cn3cccn3)c2)CC1. The van der Waals surface area contributed by atoms with Gasteiger partial charge in [-0.1, -0.05) is 12.1 Å². The summed E-state index contributed by atoms with van der Waals surface area (Å²) in [6.45, 7) is 2.34. The molecule has 0 saturated carbocycles. The van der Waals surface area contributed by atoms with Gasteiger partial charge >= 0.3 is 0 Å². The standard InChI is InChI=1S/C17H22N4O/c1-18-16-6-10-20(11-7-16)17(22)15-5-2-4-14(12-15)13-21-9-3-8-19-21/h2-5,8-9,12,16,18H,6-7,10-11,13H2,1H3. The number of carbonyl (C=O) groups excluding carboxylic acids is 1. The summed E-state index contributed by atoms with van der Waals surface area (Å²) in [4.78, 5) is 14.6. The number of hydrogen-bond acceptors (Lipinski definition) is 3. The summed E-state index contributed by atoms with van der Waals surface area (Å²) in [6, 6.07) is 10.3. The lowest BCUT2D eigenvalue weighted by atomic mass is 10.0. The third-order valence-corrected chi connectivity index (χ3v) is 4.27. The van der Waals surface area contributed by atoms with Crippen molar-refractivity contribution in [1.82, 2.24) is 20.0 Å². The van der Waals surface area contributed by atoms with E-state index in [-0.39, 0.29) is 5.91 Å². The molecule has 1 aliphatic heterocycles. The molecule has 1 aromatic carbocycles. The lowest BCUT2D eigenvalue weighted by Crippen LogP contribution is -2.43. The molecule has 0 aliphatic carbocycles. The molecule has 1 N–H and O–H groups in total. The van der Waals surface area contributed by atoms with Crippen LogP contribution in [0.25, 0.3) is 0 Å².